The average molecular weight is 269 g/mol. The van der Waals surface area contributed by atoms with Crippen LogP contribution in [0.5, 0.6) is 11.5 Å². The van der Waals surface area contributed by atoms with E-state index in [0.29, 0.717) is 19.8 Å². The Bertz CT molecular complexity index is 411. The fourth-order valence-electron chi connectivity index (χ4n) is 1.79. The molecule has 0 amide bonds. The van der Waals surface area contributed by atoms with Crippen molar-refractivity contribution in [2.45, 2.75) is 24.4 Å². The molecule has 1 aromatic rings. The van der Waals surface area contributed by atoms with Gasteiger partial charge in [0.15, 0.2) is 11.5 Å². The number of fused-ring (bicyclic) bond motifs is 1. The van der Waals surface area contributed by atoms with Crippen LogP contribution in [0.4, 0.5) is 0 Å². The summed E-state index contributed by atoms with van der Waals surface area (Å²) < 4.78 is 11.2. The van der Waals surface area contributed by atoms with E-state index in [1.54, 1.807) is 11.8 Å². The van der Waals surface area contributed by atoms with Crippen LogP contribution in [0, 0.1) is 0 Å². The Balaban J connectivity index is 2.17. The van der Waals surface area contributed by atoms with Gasteiger partial charge >= 0.3 is 0 Å². The minimum Gasteiger partial charge on any atom is -0.486 e. The van der Waals surface area contributed by atoms with Gasteiger partial charge in [0.2, 0.25) is 0 Å². The largest absolute Gasteiger partial charge is 0.486 e. The molecule has 1 aliphatic heterocycles. The zero-order valence-electron chi connectivity index (χ0n) is 10.7. The standard InChI is InChI=1S/C13H19NO3S/c1-9(8-15)14-7-10-5-11-12(6-13(10)18-2)17-4-3-16-11/h5-6,9,14-15H,3-4,7-8H2,1-2H3/t9-/m1/s1. The van der Waals surface area contributed by atoms with Crippen LogP contribution in [0.25, 0.3) is 0 Å². The first-order chi connectivity index (χ1) is 8.74. The van der Waals surface area contributed by atoms with Crippen molar-refractivity contribution in [2.24, 2.45) is 0 Å². The highest BCUT2D eigenvalue weighted by molar-refractivity contribution is 7.98. The van der Waals surface area contributed by atoms with Crippen molar-refractivity contribution in [3.05, 3.63) is 17.7 Å². The van der Waals surface area contributed by atoms with Crippen LogP contribution < -0.4 is 14.8 Å². The number of thioether (sulfide) groups is 1. The van der Waals surface area contributed by atoms with Gasteiger partial charge in [0.1, 0.15) is 13.2 Å². The number of nitrogens with one attached hydrogen (secondary N) is 1. The lowest BCUT2D eigenvalue weighted by atomic mass is 10.1. The van der Waals surface area contributed by atoms with E-state index in [1.807, 2.05) is 25.3 Å². The number of benzene rings is 1. The summed E-state index contributed by atoms with van der Waals surface area (Å²) in [5.41, 5.74) is 1.17. The Morgan fingerprint density at radius 3 is 2.61 bits per heavy atom. The fourth-order valence-corrected chi connectivity index (χ4v) is 2.41. The van der Waals surface area contributed by atoms with E-state index >= 15 is 0 Å². The molecule has 100 valence electrons. The third-order valence-electron chi connectivity index (χ3n) is 2.86. The molecule has 1 aliphatic rings. The lowest BCUT2D eigenvalue weighted by molar-refractivity contribution is 0.170. The molecule has 0 radical (unpaired) electrons. The minimum absolute atomic E-state index is 0.0907. The average Bonchev–Trinajstić information content (AvgIpc) is 2.43. The van der Waals surface area contributed by atoms with E-state index in [1.165, 1.54) is 10.5 Å². The Labute approximate surface area is 112 Å². The lowest BCUT2D eigenvalue weighted by Gasteiger charge is -2.21. The first kappa shape index (κ1) is 13.5. The molecule has 0 aliphatic carbocycles. The lowest BCUT2D eigenvalue weighted by Crippen LogP contribution is -2.29. The summed E-state index contributed by atoms with van der Waals surface area (Å²) in [5, 5.41) is 12.3. The maximum atomic E-state index is 9.02. The highest BCUT2D eigenvalue weighted by Crippen LogP contribution is 2.36. The van der Waals surface area contributed by atoms with E-state index in [4.69, 9.17) is 14.6 Å². The number of rotatable bonds is 5. The summed E-state index contributed by atoms with van der Waals surface area (Å²) in [7, 11) is 0. The van der Waals surface area contributed by atoms with Crippen LogP contribution in [-0.4, -0.2) is 37.2 Å². The maximum absolute atomic E-state index is 9.02. The normalized spacial score (nSPS) is 15.5. The monoisotopic (exact) mass is 269 g/mol. The molecular formula is C13H19NO3S. The zero-order chi connectivity index (χ0) is 13.0. The first-order valence-corrected chi connectivity index (χ1v) is 7.28. The number of aliphatic hydroxyl groups excluding tert-OH is 1. The van der Waals surface area contributed by atoms with Gasteiger partial charge in [-0.1, -0.05) is 0 Å². The summed E-state index contributed by atoms with van der Waals surface area (Å²) in [4.78, 5) is 1.18. The minimum atomic E-state index is 0.0907. The number of aliphatic hydroxyl groups is 1. The van der Waals surface area contributed by atoms with Gasteiger partial charge < -0.3 is 19.9 Å². The summed E-state index contributed by atoms with van der Waals surface area (Å²) >= 11 is 1.69. The summed E-state index contributed by atoms with van der Waals surface area (Å²) in [6.45, 7) is 4.02. The number of hydrogen-bond donors (Lipinski definition) is 2. The van der Waals surface area contributed by atoms with Crippen molar-refractivity contribution in [3.63, 3.8) is 0 Å². The van der Waals surface area contributed by atoms with E-state index in [9.17, 15) is 0 Å². The van der Waals surface area contributed by atoms with Gasteiger partial charge in [-0.3, -0.25) is 0 Å². The van der Waals surface area contributed by atoms with Crippen molar-refractivity contribution in [1.29, 1.82) is 0 Å². The molecule has 0 bridgehead atoms. The van der Waals surface area contributed by atoms with E-state index in [2.05, 4.69) is 5.32 Å². The highest BCUT2D eigenvalue weighted by Gasteiger charge is 2.15. The molecule has 1 heterocycles. The van der Waals surface area contributed by atoms with Gasteiger partial charge in [0, 0.05) is 17.5 Å². The predicted molar refractivity (Wildman–Crippen MR) is 72.6 cm³/mol. The molecule has 1 atom stereocenters. The molecule has 0 saturated carbocycles. The van der Waals surface area contributed by atoms with Crippen molar-refractivity contribution in [2.75, 3.05) is 26.1 Å². The second kappa shape index (κ2) is 6.31. The van der Waals surface area contributed by atoms with E-state index < -0.39 is 0 Å². The smallest absolute Gasteiger partial charge is 0.162 e. The molecule has 0 unspecified atom stereocenters. The number of hydrogen-bond acceptors (Lipinski definition) is 5. The third-order valence-corrected chi connectivity index (χ3v) is 3.68. The Morgan fingerprint density at radius 1 is 1.33 bits per heavy atom. The summed E-state index contributed by atoms with van der Waals surface area (Å²) in [6.07, 6.45) is 2.05. The van der Waals surface area contributed by atoms with Crippen LogP contribution >= 0.6 is 11.8 Å². The topological polar surface area (TPSA) is 50.7 Å². The molecule has 5 heteroatoms. The SMILES string of the molecule is CSc1cc2c(cc1CN[C@H](C)CO)OCCO2. The quantitative estimate of drug-likeness (QED) is 0.796. The van der Waals surface area contributed by atoms with Gasteiger partial charge in [0.25, 0.3) is 0 Å². The Hall–Kier alpha value is -0.910. The van der Waals surface area contributed by atoms with Gasteiger partial charge in [0.05, 0.1) is 6.61 Å². The van der Waals surface area contributed by atoms with Crippen molar-refractivity contribution >= 4 is 11.8 Å². The summed E-state index contributed by atoms with van der Waals surface area (Å²) in [5.74, 6) is 1.64. The van der Waals surface area contributed by atoms with Crippen LogP contribution in [0.1, 0.15) is 12.5 Å². The van der Waals surface area contributed by atoms with Crippen molar-refractivity contribution < 1.29 is 14.6 Å². The van der Waals surface area contributed by atoms with Crippen LogP contribution in [0.3, 0.4) is 0 Å². The molecule has 2 rings (SSSR count). The van der Waals surface area contributed by atoms with Crippen LogP contribution in [0.15, 0.2) is 17.0 Å². The predicted octanol–water partition coefficient (Wildman–Crippen LogP) is 1.65. The maximum Gasteiger partial charge on any atom is 0.162 e. The van der Waals surface area contributed by atoms with Gasteiger partial charge in [-0.2, -0.15) is 0 Å². The fraction of sp³-hybridized carbons (Fsp3) is 0.538. The molecular weight excluding hydrogens is 250 g/mol. The molecule has 1 aromatic carbocycles. The Morgan fingerprint density at radius 2 is 2.00 bits per heavy atom. The van der Waals surface area contributed by atoms with E-state index in [0.717, 1.165) is 11.5 Å². The molecule has 0 spiro atoms. The van der Waals surface area contributed by atoms with Gasteiger partial charge in [-0.05, 0) is 30.9 Å². The van der Waals surface area contributed by atoms with Crippen molar-refractivity contribution in [3.8, 4) is 11.5 Å². The molecule has 0 fully saturated rings. The van der Waals surface area contributed by atoms with Gasteiger partial charge in [-0.15, -0.1) is 11.8 Å². The van der Waals surface area contributed by atoms with Gasteiger partial charge in [-0.25, -0.2) is 0 Å². The molecule has 2 N–H and O–H groups in total. The molecule has 0 aromatic heterocycles. The van der Waals surface area contributed by atoms with Crippen LogP contribution in [-0.2, 0) is 6.54 Å². The highest BCUT2D eigenvalue weighted by atomic mass is 32.2. The second-order valence-corrected chi connectivity index (χ2v) is 5.12. The third kappa shape index (κ3) is 3.10. The zero-order valence-corrected chi connectivity index (χ0v) is 11.5. The van der Waals surface area contributed by atoms with E-state index in [-0.39, 0.29) is 12.6 Å². The first-order valence-electron chi connectivity index (χ1n) is 6.05. The Kier molecular flexibility index (Phi) is 4.74. The second-order valence-electron chi connectivity index (χ2n) is 4.27. The summed E-state index contributed by atoms with van der Waals surface area (Å²) in [6, 6.07) is 4.14. The van der Waals surface area contributed by atoms with Crippen LogP contribution in [0.2, 0.25) is 0 Å². The molecule has 0 saturated heterocycles. The van der Waals surface area contributed by atoms with Crippen molar-refractivity contribution in [1.82, 2.24) is 5.32 Å². The number of ether oxygens (including phenoxy) is 2. The molecule has 4 nitrogen and oxygen atoms in total. The molecule has 18 heavy (non-hydrogen) atoms.